The van der Waals surface area contributed by atoms with E-state index < -0.39 is 5.60 Å². The number of amides is 1. The topological polar surface area (TPSA) is 72.3 Å². The zero-order valence-corrected chi connectivity index (χ0v) is 19.4. The van der Waals surface area contributed by atoms with E-state index in [9.17, 15) is 4.79 Å². The smallest absolute Gasteiger partial charge is 0.257 e. The minimum atomic E-state index is -0.666. The van der Waals surface area contributed by atoms with Crippen LogP contribution in [0.1, 0.15) is 41.8 Å². The van der Waals surface area contributed by atoms with E-state index in [-0.39, 0.29) is 5.91 Å². The highest BCUT2D eigenvalue weighted by Gasteiger charge is 2.37. The number of carbonyl (C=O) groups excluding carboxylic acids is 1. The molecule has 1 amide bonds. The SMILES string of the molecule is CCON=CNC(=O)c1ccc(C2=NOC(C)(c3cc(Cl)cc(Cl)c3)C2)cc1I. The number of hydrogen-bond acceptors (Lipinski definition) is 5. The molecule has 1 unspecified atom stereocenters. The van der Waals surface area contributed by atoms with Crippen molar-refractivity contribution in [3.8, 4) is 0 Å². The Bertz CT molecular complexity index is 977. The summed E-state index contributed by atoms with van der Waals surface area (Å²) in [5.41, 5.74) is 2.38. The summed E-state index contributed by atoms with van der Waals surface area (Å²) in [5.74, 6) is -0.271. The minimum Gasteiger partial charge on any atom is -0.395 e. The van der Waals surface area contributed by atoms with E-state index in [2.05, 4.69) is 38.2 Å². The maximum Gasteiger partial charge on any atom is 0.257 e. The number of oxime groups is 2. The monoisotopic (exact) mass is 545 g/mol. The maximum atomic E-state index is 12.3. The van der Waals surface area contributed by atoms with Crippen molar-refractivity contribution in [2.45, 2.75) is 25.9 Å². The van der Waals surface area contributed by atoms with Gasteiger partial charge in [-0.25, -0.2) is 0 Å². The third-order valence-electron chi connectivity index (χ3n) is 4.33. The summed E-state index contributed by atoms with van der Waals surface area (Å²) in [5, 5.41) is 11.5. The second kappa shape index (κ2) is 9.32. The molecule has 3 rings (SSSR count). The lowest BCUT2D eigenvalue weighted by molar-refractivity contribution is -0.00737. The molecule has 0 radical (unpaired) electrons. The number of halogens is 3. The van der Waals surface area contributed by atoms with Gasteiger partial charge in [0.15, 0.2) is 5.60 Å². The fourth-order valence-electron chi connectivity index (χ4n) is 2.86. The van der Waals surface area contributed by atoms with Crippen LogP contribution in [0.15, 0.2) is 46.7 Å². The number of nitrogens with one attached hydrogen (secondary N) is 1. The third-order valence-corrected chi connectivity index (χ3v) is 5.66. The second-order valence-electron chi connectivity index (χ2n) is 6.52. The molecular formula is C20H18Cl2IN3O3. The van der Waals surface area contributed by atoms with Gasteiger partial charge < -0.3 is 15.0 Å². The first-order valence-electron chi connectivity index (χ1n) is 8.78. The Hall–Kier alpha value is -1.84. The fraction of sp³-hybridized carbons (Fsp3) is 0.250. The summed E-state index contributed by atoms with van der Waals surface area (Å²) in [6.07, 6.45) is 1.78. The lowest BCUT2D eigenvalue weighted by Crippen LogP contribution is -2.23. The maximum absolute atomic E-state index is 12.3. The molecule has 1 N–H and O–H groups in total. The van der Waals surface area contributed by atoms with Gasteiger partial charge in [-0.1, -0.05) is 39.6 Å². The first-order chi connectivity index (χ1) is 13.8. The predicted molar refractivity (Wildman–Crippen MR) is 123 cm³/mol. The Morgan fingerprint density at radius 3 is 2.72 bits per heavy atom. The number of carbonyl (C=O) groups is 1. The quantitative estimate of drug-likeness (QED) is 0.230. The van der Waals surface area contributed by atoms with E-state index in [4.69, 9.17) is 32.9 Å². The van der Waals surface area contributed by atoms with Crippen LogP contribution in [0.25, 0.3) is 0 Å². The van der Waals surface area contributed by atoms with Crippen molar-refractivity contribution in [1.29, 1.82) is 0 Å². The molecule has 0 fully saturated rings. The van der Waals surface area contributed by atoms with Crippen LogP contribution in [0.4, 0.5) is 0 Å². The Labute approximate surface area is 192 Å². The average Bonchev–Trinajstić information content (AvgIpc) is 3.08. The summed E-state index contributed by atoms with van der Waals surface area (Å²) >= 11 is 14.4. The highest BCUT2D eigenvalue weighted by Crippen LogP contribution is 2.38. The van der Waals surface area contributed by atoms with E-state index in [0.29, 0.717) is 28.6 Å². The molecule has 1 atom stereocenters. The molecule has 2 aromatic carbocycles. The van der Waals surface area contributed by atoms with E-state index in [1.807, 2.05) is 38.1 Å². The molecule has 0 aliphatic carbocycles. The number of benzene rings is 2. The Balaban J connectivity index is 1.75. The molecule has 1 aliphatic heterocycles. The van der Waals surface area contributed by atoms with Crippen molar-refractivity contribution in [1.82, 2.24) is 5.32 Å². The molecule has 152 valence electrons. The van der Waals surface area contributed by atoms with Crippen LogP contribution in [0.2, 0.25) is 10.0 Å². The van der Waals surface area contributed by atoms with Gasteiger partial charge in [-0.15, -0.1) is 0 Å². The van der Waals surface area contributed by atoms with Crippen molar-refractivity contribution in [3.63, 3.8) is 0 Å². The number of hydrogen-bond donors (Lipinski definition) is 1. The molecule has 0 saturated carbocycles. The summed E-state index contributed by atoms with van der Waals surface area (Å²) < 4.78 is 0.782. The van der Waals surface area contributed by atoms with Crippen molar-refractivity contribution >= 4 is 63.8 Å². The third kappa shape index (κ3) is 5.21. The lowest BCUT2D eigenvalue weighted by Gasteiger charge is -2.22. The van der Waals surface area contributed by atoms with Gasteiger partial charge >= 0.3 is 0 Å². The number of rotatable bonds is 6. The molecule has 2 aromatic rings. The summed E-state index contributed by atoms with van der Waals surface area (Å²) in [4.78, 5) is 22.8. The van der Waals surface area contributed by atoms with Gasteiger partial charge in [-0.3, -0.25) is 4.79 Å². The van der Waals surface area contributed by atoms with Gasteiger partial charge in [0, 0.05) is 31.2 Å². The standard InChI is InChI=1S/C20H18Cl2IN3O3/c1-3-28-25-11-24-19(27)16-5-4-12(6-17(16)23)18-10-20(2,29-26-18)13-7-14(21)9-15(22)8-13/h4-9,11H,3,10H2,1-2H3,(H,24,25,27). The van der Waals surface area contributed by atoms with Gasteiger partial charge in [0.1, 0.15) is 12.9 Å². The summed E-state index contributed by atoms with van der Waals surface area (Å²) in [6.45, 7) is 4.18. The lowest BCUT2D eigenvalue weighted by atomic mass is 9.89. The van der Waals surface area contributed by atoms with Crippen LogP contribution in [0.3, 0.4) is 0 Å². The van der Waals surface area contributed by atoms with Crippen molar-refractivity contribution in [3.05, 3.63) is 66.7 Å². The molecule has 0 spiro atoms. The highest BCUT2D eigenvalue weighted by molar-refractivity contribution is 14.1. The molecule has 1 heterocycles. The number of nitrogens with zero attached hydrogens (tertiary/aromatic N) is 2. The molecular weight excluding hydrogens is 528 g/mol. The van der Waals surface area contributed by atoms with Crippen molar-refractivity contribution in [2.24, 2.45) is 10.3 Å². The molecule has 29 heavy (non-hydrogen) atoms. The van der Waals surface area contributed by atoms with Gasteiger partial charge in [0.2, 0.25) is 0 Å². The van der Waals surface area contributed by atoms with Crippen LogP contribution in [-0.2, 0) is 15.3 Å². The van der Waals surface area contributed by atoms with Crippen LogP contribution >= 0.6 is 45.8 Å². The Kier molecular flexibility index (Phi) is 7.02. The van der Waals surface area contributed by atoms with Crippen molar-refractivity contribution < 1.29 is 14.5 Å². The van der Waals surface area contributed by atoms with Gasteiger partial charge in [0.25, 0.3) is 5.91 Å². The van der Waals surface area contributed by atoms with E-state index >= 15 is 0 Å². The molecule has 1 aliphatic rings. The highest BCUT2D eigenvalue weighted by atomic mass is 127. The molecule has 0 aromatic heterocycles. The molecule has 9 heteroatoms. The van der Waals surface area contributed by atoms with Crippen LogP contribution < -0.4 is 5.32 Å². The van der Waals surface area contributed by atoms with E-state index in [1.165, 1.54) is 6.34 Å². The Morgan fingerprint density at radius 1 is 1.34 bits per heavy atom. The zero-order chi connectivity index (χ0) is 21.0. The van der Waals surface area contributed by atoms with Crippen LogP contribution in [0, 0.1) is 3.57 Å². The second-order valence-corrected chi connectivity index (χ2v) is 8.55. The molecule has 0 saturated heterocycles. The molecule has 6 nitrogen and oxygen atoms in total. The first kappa shape index (κ1) is 21.9. The van der Waals surface area contributed by atoms with Crippen LogP contribution in [-0.4, -0.2) is 24.6 Å². The minimum absolute atomic E-state index is 0.271. The Morgan fingerprint density at radius 2 is 2.07 bits per heavy atom. The normalized spacial score (nSPS) is 18.4. The first-order valence-corrected chi connectivity index (χ1v) is 10.6. The molecule has 0 bridgehead atoms. The van der Waals surface area contributed by atoms with Gasteiger partial charge in [0.05, 0.1) is 11.3 Å². The summed E-state index contributed by atoms with van der Waals surface area (Å²) in [7, 11) is 0. The summed E-state index contributed by atoms with van der Waals surface area (Å²) in [6, 6.07) is 10.8. The predicted octanol–water partition coefficient (Wildman–Crippen LogP) is 5.35. The average molecular weight is 546 g/mol. The van der Waals surface area contributed by atoms with Gasteiger partial charge in [-0.2, -0.15) is 0 Å². The zero-order valence-electron chi connectivity index (χ0n) is 15.7. The largest absolute Gasteiger partial charge is 0.395 e. The fourth-order valence-corrected chi connectivity index (χ4v) is 4.15. The van der Waals surface area contributed by atoms with Gasteiger partial charge in [-0.05, 0) is 66.8 Å². The van der Waals surface area contributed by atoms with Crippen LogP contribution in [0.5, 0.6) is 0 Å². The van der Waals surface area contributed by atoms with E-state index in [0.717, 1.165) is 20.4 Å². The van der Waals surface area contributed by atoms with E-state index in [1.54, 1.807) is 12.1 Å². The van der Waals surface area contributed by atoms with Crippen molar-refractivity contribution in [2.75, 3.05) is 6.61 Å².